The number of aliphatic hydroxyl groups is 1. The van der Waals surface area contributed by atoms with E-state index in [4.69, 9.17) is 0 Å². The summed E-state index contributed by atoms with van der Waals surface area (Å²) < 4.78 is 0. The second-order valence-electron chi connectivity index (χ2n) is 10.7. The summed E-state index contributed by atoms with van der Waals surface area (Å²) in [5.74, 6) is 3.87. The minimum atomic E-state index is -0.0754. The molecule has 0 radical (unpaired) electrons. The smallest absolute Gasteiger partial charge is 0.0594 e. The minimum absolute atomic E-state index is 0.0754. The fourth-order valence-electron chi connectivity index (χ4n) is 8.83. The van der Waals surface area contributed by atoms with E-state index < -0.39 is 0 Å². The molecule has 0 aromatic rings. The number of hydrogen-bond donors (Lipinski definition) is 1. The molecule has 8 atom stereocenters. The van der Waals surface area contributed by atoms with Crippen LogP contribution in [0.25, 0.3) is 0 Å². The predicted molar refractivity (Wildman–Crippen MR) is 84.7 cm³/mol. The van der Waals surface area contributed by atoms with E-state index in [0.29, 0.717) is 10.8 Å². The SMILES string of the molecule is CC1(C)[C@H](O)CC[C@]2(C)[C@@H]1CC[C@]13C[C@@H]4[C@H](C[C@H]12)[C@]4(C)C3. The Labute approximate surface area is 129 Å². The summed E-state index contributed by atoms with van der Waals surface area (Å²) >= 11 is 0. The second kappa shape index (κ2) is 3.40. The topological polar surface area (TPSA) is 20.2 Å². The van der Waals surface area contributed by atoms with Crippen molar-refractivity contribution in [2.24, 2.45) is 45.3 Å². The first-order valence-corrected chi connectivity index (χ1v) is 9.42. The van der Waals surface area contributed by atoms with Crippen molar-refractivity contribution in [2.75, 3.05) is 0 Å². The molecule has 0 aliphatic heterocycles. The van der Waals surface area contributed by atoms with Gasteiger partial charge < -0.3 is 5.11 Å². The van der Waals surface area contributed by atoms with Crippen molar-refractivity contribution in [3.05, 3.63) is 0 Å². The van der Waals surface area contributed by atoms with E-state index in [1.807, 2.05) is 0 Å². The van der Waals surface area contributed by atoms with Gasteiger partial charge in [0.1, 0.15) is 0 Å². The van der Waals surface area contributed by atoms with Crippen molar-refractivity contribution < 1.29 is 5.11 Å². The molecule has 0 unspecified atom stereocenters. The Hall–Kier alpha value is -0.0400. The van der Waals surface area contributed by atoms with Crippen LogP contribution in [0.1, 0.15) is 72.6 Å². The molecule has 1 nitrogen and oxygen atoms in total. The summed E-state index contributed by atoms with van der Waals surface area (Å²) in [7, 11) is 0. The minimum Gasteiger partial charge on any atom is -0.393 e. The van der Waals surface area contributed by atoms with Crippen LogP contribution in [0.3, 0.4) is 0 Å². The van der Waals surface area contributed by atoms with E-state index in [0.717, 1.165) is 35.5 Å². The molecule has 0 saturated heterocycles. The maximum Gasteiger partial charge on any atom is 0.0594 e. The average molecular weight is 288 g/mol. The number of fused-ring (bicyclic) bond motifs is 1. The highest BCUT2D eigenvalue weighted by Crippen LogP contribution is 2.85. The Morgan fingerprint density at radius 1 is 0.857 bits per heavy atom. The molecular formula is C20H32O. The third kappa shape index (κ3) is 1.28. The molecule has 1 spiro atoms. The lowest BCUT2D eigenvalue weighted by atomic mass is 9.39. The highest BCUT2D eigenvalue weighted by atomic mass is 16.3. The first-order valence-electron chi connectivity index (χ1n) is 9.42. The van der Waals surface area contributed by atoms with Crippen LogP contribution in [0.2, 0.25) is 0 Å². The number of rotatable bonds is 0. The quantitative estimate of drug-likeness (QED) is 0.688. The van der Waals surface area contributed by atoms with Gasteiger partial charge in [0, 0.05) is 0 Å². The molecule has 0 amide bonds. The summed E-state index contributed by atoms with van der Waals surface area (Å²) in [5.41, 5.74) is 2.10. The van der Waals surface area contributed by atoms with Crippen molar-refractivity contribution in [1.29, 1.82) is 0 Å². The lowest BCUT2D eigenvalue weighted by Crippen LogP contribution is -2.60. The molecule has 0 heterocycles. The van der Waals surface area contributed by atoms with Gasteiger partial charge in [-0.1, -0.05) is 27.7 Å². The van der Waals surface area contributed by atoms with Crippen molar-refractivity contribution in [1.82, 2.24) is 0 Å². The van der Waals surface area contributed by atoms with Crippen molar-refractivity contribution >= 4 is 0 Å². The van der Waals surface area contributed by atoms with Crippen LogP contribution in [0.5, 0.6) is 0 Å². The van der Waals surface area contributed by atoms with Gasteiger partial charge in [0.15, 0.2) is 0 Å². The van der Waals surface area contributed by atoms with Gasteiger partial charge in [0.25, 0.3) is 0 Å². The van der Waals surface area contributed by atoms with Crippen LogP contribution in [0, 0.1) is 45.3 Å². The first kappa shape index (κ1) is 13.4. The van der Waals surface area contributed by atoms with E-state index >= 15 is 0 Å². The summed E-state index contributed by atoms with van der Waals surface area (Å²) in [6.45, 7) is 9.92. The fraction of sp³-hybridized carbons (Fsp3) is 1.00. The molecule has 21 heavy (non-hydrogen) atoms. The molecule has 0 aromatic heterocycles. The molecule has 6 aliphatic carbocycles. The largest absolute Gasteiger partial charge is 0.393 e. The number of hydrogen-bond acceptors (Lipinski definition) is 1. The zero-order valence-electron chi connectivity index (χ0n) is 14.3. The van der Waals surface area contributed by atoms with Crippen LogP contribution < -0.4 is 0 Å². The molecule has 6 aliphatic rings. The third-order valence-electron chi connectivity index (χ3n) is 9.90. The monoisotopic (exact) mass is 288 g/mol. The Morgan fingerprint density at radius 3 is 2.29 bits per heavy atom. The van der Waals surface area contributed by atoms with E-state index in [1.165, 1.54) is 25.7 Å². The molecule has 1 N–H and O–H groups in total. The lowest BCUT2D eigenvalue weighted by Gasteiger charge is -2.66. The summed E-state index contributed by atoms with van der Waals surface area (Å²) in [4.78, 5) is 0. The van der Waals surface area contributed by atoms with Gasteiger partial charge in [-0.3, -0.25) is 0 Å². The van der Waals surface area contributed by atoms with Crippen molar-refractivity contribution in [2.45, 2.75) is 78.7 Å². The molecule has 6 fully saturated rings. The van der Waals surface area contributed by atoms with Crippen LogP contribution in [0.4, 0.5) is 0 Å². The van der Waals surface area contributed by atoms with Gasteiger partial charge in [0.2, 0.25) is 0 Å². The Morgan fingerprint density at radius 2 is 1.62 bits per heavy atom. The maximum absolute atomic E-state index is 10.6. The van der Waals surface area contributed by atoms with Crippen LogP contribution >= 0.6 is 0 Å². The lowest BCUT2D eigenvalue weighted by molar-refractivity contribution is -0.190. The molecule has 0 aromatic carbocycles. The van der Waals surface area contributed by atoms with E-state index in [-0.39, 0.29) is 11.5 Å². The normalized spacial score (nSPS) is 66.4. The zero-order chi connectivity index (χ0) is 14.8. The van der Waals surface area contributed by atoms with Crippen LogP contribution in [0.15, 0.2) is 0 Å². The average Bonchev–Trinajstić information content (AvgIpc) is 2.86. The summed E-state index contributed by atoms with van der Waals surface area (Å²) in [5, 5.41) is 10.6. The standard InChI is InChI=1S/C20H32O/c1-17(2)14-5-8-20-10-13-12(19(13,4)11-20)9-15(20)18(14,3)7-6-16(17)21/h12-16,21H,5-11H2,1-4H3/t12-,13+,14+,15-,16+,18+,19-,20+/m0/s1. The molecule has 118 valence electrons. The van der Waals surface area contributed by atoms with Gasteiger partial charge in [0.05, 0.1) is 6.10 Å². The highest BCUT2D eigenvalue weighted by Gasteiger charge is 2.78. The highest BCUT2D eigenvalue weighted by molar-refractivity contribution is 5.27. The third-order valence-corrected chi connectivity index (χ3v) is 9.90. The van der Waals surface area contributed by atoms with Gasteiger partial charge in [-0.05, 0) is 90.3 Å². The molecule has 6 saturated carbocycles. The van der Waals surface area contributed by atoms with E-state index in [9.17, 15) is 5.11 Å². The molecule has 4 bridgehead atoms. The fourth-order valence-corrected chi connectivity index (χ4v) is 8.83. The van der Waals surface area contributed by atoms with Crippen molar-refractivity contribution in [3.63, 3.8) is 0 Å². The molecular weight excluding hydrogens is 256 g/mol. The van der Waals surface area contributed by atoms with Gasteiger partial charge in [-0.2, -0.15) is 0 Å². The van der Waals surface area contributed by atoms with Gasteiger partial charge >= 0.3 is 0 Å². The van der Waals surface area contributed by atoms with E-state index in [1.54, 1.807) is 12.8 Å². The van der Waals surface area contributed by atoms with Crippen LogP contribution in [-0.4, -0.2) is 11.2 Å². The summed E-state index contributed by atoms with van der Waals surface area (Å²) in [6.07, 6.45) is 9.72. The van der Waals surface area contributed by atoms with Crippen LogP contribution in [-0.2, 0) is 0 Å². The van der Waals surface area contributed by atoms with Gasteiger partial charge in [-0.15, -0.1) is 0 Å². The Balaban J connectivity index is 1.56. The summed E-state index contributed by atoms with van der Waals surface area (Å²) in [6, 6.07) is 0. The molecule has 1 heteroatoms. The van der Waals surface area contributed by atoms with Crippen molar-refractivity contribution in [3.8, 4) is 0 Å². The molecule has 6 rings (SSSR count). The second-order valence-corrected chi connectivity index (χ2v) is 10.7. The van der Waals surface area contributed by atoms with Gasteiger partial charge in [-0.25, -0.2) is 0 Å². The predicted octanol–water partition coefficient (Wildman–Crippen LogP) is 4.64. The first-order chi connectivity index (χ1) is 9.74. The Kier molecular flexibility index (Phi) is 2.17. The Bertz CT molecular complexity index is 510. The number of aliphatic hydroxyl groups excluding tert-OH is 1. The zero-order valence-corrected chi connectivity index (χ0v) is 14.3. The van der Waals surface area contributed by atoms with E-state index in [2.05, 4.69) is 27.7 Å². The maximum atomic E-state index is 10.6.